The van der Waals surface area contributed by atoms with Crippen molar-refractivity contribution in [2.24, 2.45) is 5.92 Å². The van der Waals surface area contributed by atoms with E-state index in [0.717, 1.165) is 12.0 Å². The van der Waals surface area contributed by atoms with Gasteiger partial charge in [-0.2, -0.15) is 0 Å². The van der Waals surface area contributed by atoms with Crippen LogP contribution in [0.3, 0.4) is 0 Å². The molecule has 1 aliphatic heterocycles. The Bertz CT molecular complexity index is 205. The van der Waals surface area contributed by atoms with Crippen molar-refractivity contribution >= 4 is 0 Å². The number of nitrogens with zero attached hydrogens (tertiary/aromatic N) is 1. The molecule has 0 spiro atoms. The molecule has 18 heavy (non-hydrogen) atoms. The Hall–Kier alpha value is -0.0800. The number of unbranched alkanes of at least 4 members (excludes halogenated alkanes) is 3. The third-order valence-electron chi connectivity index (χ3n) is 4.31. The zero-order chi connectivity index (χ0) is 13.4. The second kappa shape index (κ2) is 8.92. The summed E-state index contributed by atoms with van der Waals surface area (Å²) in [6.07, 6.45) is 8.26. The van der Waals surface area contributed by atoms with Gasteiger partial charge in [-0.3, -0.25) is 0 Å². The Morgan fingerprint density at radius 1 is 1.22 bits per heavy atom. The maximum absolute atomic E-state index is 3.63. The number of nitrogens with one attached hydrogen (secondary N) is 1. The summed E-state index contributed by atoms with van der Waals surface area (Å²) in [6, 6.07) is 1.46. The first-order chi connectivity index (χ1) is 8.63. The minimum absolute atomic E-state index is 0.683. The highest BCUT2D eigenvalue weighted by atomic mass is 15.2. The van der Waals surface area contributed by atoms with Crippen molar-refractivity contribution < 1.29 is 0 Å². The molecule has 0 saturated carbocycles. The number of hydrogen-bond acceptors (Lipinski definition) is 2. The second-order valence-electron chi connectivity index (χ2n) is 6.40. The van der Waals surface area contributed by atoms with Gasteiger partial charge in [-0.05, 0) is 45.7 Å². The Labute approximate surface area is 115 Å². The summed E-state index contributed by atoms with van der Waals surface area (Å²) in [5.41, 5.74) is 0. The van der Waals surface area contributed by atoms with Gasteiger partial charge in [0, 0.05) is 18.6 Å². The van der Waals surface area contributed by atoms with Crippen LogP contribution in [0.15, 0.2) is 0 Å². The van der Waals surface area contributed by atoms with Gasteiger partial charge in [0.2, 0.25) is 0 Å². The molecule has 1 heterocycles. The highest BCUT2D eigenvalue weighted by Crippen LogP contribution is 2.15. The van der Waals surface area contributed by atoms with Crippen LogP contribution in [-0.2, 0) is 0 Å². The summed E-state index contributed by atoms with van der Waals surface area (Å²) < 4.78 is 0. The van der Waals surface area contributed by atoms with Crippen LogP contribution in [0.2, 0.25) is 0 Å². The van der Waals surface area contributed by atoms with E-state index in [-0.39, 0.29) is 0 Å². The Kier molecular flexibility index (Phi) is 7.92. The van der Waals surface area contributed by atoms with Crippen LogP contribution in [0.4, 0.5) is 0 Å². The monoisotopic (exact) mass is 254 g/mol. The van der Waals surface area contributed by atoms with Gasteiger partial charge in [0.1, 0.15) is 0 Å². The van der Waals surface area contributed by atoms with E-state index in [1.165, 1.54) is 58.2 Å². The molecule has 0 bridgehead atoms. The molecule has 1 rings (SSSR count). The molecule has 1 N–H and O–H groups in total. The van der Waals surface area contributed by atoms with Crippen molar-refractivity contribution in [2.45, 2.75) is 78.3 Å². The van der Waals surface area contributed by atoms with Crippen molar-refractivity contribution in [1.29, 1.82) is 0 Å². The molecule has 0 amide bonds. The lowest BCUT2D eigenvalue weighted by atomic mass is 10.0. The fraction of sp³-hybridized carbons (Fsp3) is 1.00. The van der Waals surface area contributed by atoms with Crippen LogP contribution in [0, 0.1) is 5.92 Å². The van der Waals surface area contributed by atoms with Crippen LogP contribution in [0.5, 0.6) is 0 Å². The van der Waals surface area contributed by atoms with E-state index in [2.05, 4.69) is 37.9 Å². The molecule has 1 fully saturated rings. The zero-order valence-corrected chi connectivity index (χ0v) is 13.0. The largest absolute Gasteiger partial charge is 0.314 e. The van der Waals surface area contributed by atoms with Gasteiger partial charge in [0.15, 0.2) is 0 Å². The first-order valence-electron chi connectivity index (χ1n) is 8.11. The summed E-state index contributed by atoms with van der Waals surface area (Å²) in [4.78, 5) is 2.73. The molecular weight excluding hydrogens is 220 g/mol. The van der Waals surface area contributed by atoms with E-state index in [1.54, 1.807) is 0 Å². The van der Waals surface area contributed by atoms with Crippen LogP contribution < -0.4 is 5.32 Å². The maximum atomic E-state index is 3.63. The minimum atomic E-state index is 0.683. The summed E-state index contributed by atoms with van der Waals surface area (Å²) >= 11 is 0. The van der Waals surface area contributed by atoms with Crippen molar-refractivity contribution in [3.05, 3.63) is 0 Å². The van der Waals surface area contributed by atoms with E-state index in [4.69, 9.17) is 0 Å². The van der Waals surface area contributed by atoms with Gasteiger partial charge in [-0.25, -0.2) is 0 Å². The van der Waals surface area contributed by atoms with Gasteiger partial charge >= 0.3 is 0 Å². The van der Waals surface area contributed by atoms with Gasteiger partial charge in [0.25, 0.3) is 0 Å². The van der Waals surface area contributed by atoms with Gasteiger partial charge < -0.3 is 10.2 Å². The molecule has 2 heteroatoms. The van der Waals surface area contributed by atoms with E-state index >= 15 is 0 Å². The lowest BCUT2D eigenvalue weighted by molar-refractivity contribution is 0.148. The summed E-state index contributed by atoms with van der Waals surface area (Å²) in [7, 11) is 0. The van der Waals surface area contributed by atoms with E-state index in [1.807, 2.05) is 0 Å². The molecule has 1 saturated heterocycles. The third kappa shape index (κ3) is 6.19. The molecule has 0 aromatic rings. The van der Waals surface area contributed by atoms with Crippen molar-refractivity contribution in [3.63, 3.8) is 0 Å². The lowest BCUT2D eigenvalue weighted by Crippen LogP contribution is -2.45. The highest BCUT2D eigenvalue weighted by molar-refractivity contribution is 4.77. The molecule has 3 unspecified atom stereocenters. The van der Waals surface area contributed by atoms with Crippen molar-refractivity contribution in [2.75, 3.05) is 19.6 Å². The standard InChI is InChI=1S/C16H34N2/c1-5-6-7-8-9-16(4)18-11-10-15(3)17-12-14(2)13-18/h14-17H,5-13H2,1-4H3. The Morgan fingerprint density at radius 2 is 2.00 bits per heavy atom. The number of rotatable bonds is 6. The highest BCUT2D eigenvalue weighted by Gasteiger charge is 2.20. The van der Waals surface area contributed by atoms with E-state index in [0.29, 0.717) is 6.04 Å². The van der Waals surface area contributed by atoms with Crippen LogP contribution >= 0.6 is 0 Å². The smallest absolute Gasteiger partial charge is 0.00670 e. The molecular formula is C16H34N2. The quantitative estimate of drug-likeness (QED) is 0.728. The van der Waals surface area contributed by atoms with Gasteiger partial charge in [-0.1, -0.05) is 39.5 Å². The number of hydrogen-bond donors (Lipinski definition) is 1. The molecule has 1 aliphatic rings. The van der Waals surface area contributed by atoms with Crippen molar-refractivity contribution in [3.8, 4) is 0 Å². The third-order valence-corrected chi connectivity index (χ3v) is 4.31. The minimum Gasteiger partial charge on any atom is -0.314 e. The molecule has 0 aromatic carbocycles. The van der Waals surface area contributed by atoms with Crippen molar-refractivity contribution in [1.82, 2.24) is 10.2 Å². The predicted octanol–water partition coefficient (Wildman–Crippen LogP) is 3.67. The molecule has 0 aromatic heterocycles. The normalized spacial score (nSPS) is 28.7. The Morgan fingerprint density at radius 3 is 2.72 bits per heavy atom. The first-order valence-corrected chi connectivity index (χ1v) is 8.11. The zero-order valence-electron chi connectivity index (χ0n) is 13.0. The summed E-state index contributed by atoms with van der Waals surface area (Å²) in [5.74, 6) is 0.783. The fourth-order valence-electron chi connectivity index (χ4n) is 2.87. The average Bonchev–Trinajstić information content (AvgIpc) is 2.34. The molecule has 0 radical (unpaired) electrons. The van der Waals surface area contributed by atoms with E-state index < -0.39 is 0 Å². The van der Waals surface area contributed by atoms with Gasteiger partial charge in [-0.15, -0.1) is 0 Å². The second-order valence-corrected chi connectivity index (χ2v) is 6.40. The van der Waals surface area contributed by atoms with Crippen LogP contribution in [-0.4, -0.2) is 36.6 Å². The van der Waals surface area contributed by atoms with Gasteiger partial charge in [0.05, 0.1) is 0 Å². The Balaban J connectivity index is 2.31. The molecule has 108 valence electrons. The van der Waals surface area contributed by atoms with Crippen LogP contribution in [0.25, 0.3) is 0 Å². The maximum Gasteiger partial charge on any atom is 0.00670 e. The fourth-order valence-corrected chi connectivity index (χ4v) is 2.87. The molecule has 0 aliphatic carbocycles. The average molecular weight is 254 g/mol. The lowest BCUT2D eigenvalue weighted by Gasteiger charge is -2.35. The predicted molar refractivity (Wildman–Crippen MR) is 81.0 cm³/mol. The first kappa shape index (κ1) is 16.0. The van der Waals surface area contributed by atoms with Crippen LogP contribution in [0.1, 0.15) is 66.2 Å². The molecule has 3 atom stereocenters. The van der Waals surface area contributed by atoms with E-state index in [9.17, 15) is 0 Å². The summed E-state index contributed by atoms with van der Waals surface area (Å²) in [6.45, 7) is 13.1. The summed E-state index contributed by atoms with van der Waals surface area (Å²) in [5, 5.41) is 3.63. The topological polar surface area (TPSA) is 15.3 Å². The SMILES string of the molecule is CCCCCCC(C)N1CCC(C)NCC(C)C1. The molecule has 2 nitrogen and oxygen atoms in total.